The number of nitrogens with one attached hydrogen (secondary N) is 1. The molecule has 1 aromatic carbocycles. The highest BCUT2D eigenvalue weighted by Gasteiger charge is 2.37. The van der Waals surface area contributed by atoms with Crippen LogP contribution in [-0.2, 0) is 0 Å². The lowest BCUT2D eigenvalue weighted by Crippen LogP contribution is -2.60. The molecule has 0 aliphatic carbocycles. The van der Waals surface area contributed by atoms with E-state index in [9.17, 15) is 4.79 Å². The van der Waals surface area contributed by atoms with E-state index in [1.54, 1.807) is 0 Å². The summed E-state index contributed by atoms with van der Waals surface area (Å²) in [5.41, 5.74) is 6.57. The fourth-order valence-corrected chi connectivity index (χ4v) is 2.23. The monoisotopic (exact) mass is 220 g/mol. The van der Waals surface area contributed by atoms with Gasteiger partial charge in [0, 0.05) is 6.54 Å². The van der Waals surface area contributed by atoms with E-state index in [4.69, 9.17) is 5.73 Å². The number of primary amides is 1. The molecule has 0 radical (unpaired) electrons. The molecule has 1 saturated heterocycles. The van der Waals surface area contributed by atoms with Crippen molar-refractivity contribution in [1.82, 2.24) is 9.80 Å². The van der Waals surface area contributed by atoms with Crippen LogP contribution in [0.15, 0.2) is 30.3 Å². The number of para-hydroxylation sites is 1. The third-order valence-electron chi connectivity index (χ3n) is 3.20. The Morgan fingerprint density at radius 1 is 1.25 bits per heavy atom. The van der Waals surface area contributed by atoms with Crippen molar-refractivity contribution in [3.63, 3.8) is 0 Å². The number of benzene rings is 1. The van der Waals surface area contributed by atoms with Crippen LogP contribution in [0.2, 0.25) is 0 Å². The van der Waals surface area contributed by atoms with E-state index >= 15 is 0 Å². The van der Waals surface area contributed by atoms with Gasteiger partial charge in [-0.05, 0) is 25.0 Å². The van der Waals surface area contributed by atoms with Crippen LogP contribution in [0, 0.1) is 0 Å². The number of amides is 2. The maximum atomic E-state index is 11.8. The summed E-state index contributed by atoms with van der Waals surface area (Å²) in [4.78, 5) is 11.8. The minimum atomic E-state index is -0.277. The molecule has 0 saturated carbocycles. The molecule has 0 bridgehead atoms. The highest BCUT2D eigenvalue weighted by atomic mass is 16.2. The van der Waals surface area contributed by atoms with Crippen molar-refractivity contribution in [2.24, 2.45) is 5.73 Å². The molecular formula is C12H18N3O+. The summed E-state index contributed by atoms with van der Waals surface area (Å²) in [6.07, 6.45) is 2.12. The number of urea groups is 1. The normalized spacial score (nSPS) is 26.0. The number of carbonyl (C=O) groups excluding carboxylic acids is 1. The summed E-state index contributed by atoms with van der Waals surface area (Å²) in [6.45, 7) is 2.34. The first-order valence-electron chi connectivity index (χ1n) is 5.69. The van der Waals surface area contributed by atoms with Crippen molar-refractivity contribution in [2.75, 3.05) is 19.8 Å². The first-order chi connectivity index (χ1) is 7.76. The van der Waals surface area contributed by atoms with Crippen LogP contribution in [0.5, 0.6) is 0 Å². The second kappa shape index (κ2) is 4.63. The Labute approximate surface area is 95.6 Å². The predicted molar refractivity (Wildman–Crippen MR) is 64.8 cm³/mol. The first kappa shape index (κ1) is 11.1. The summed E-state index contributed by atoms with van der Waals surface area (Å²) >= 11 is 0. The lowest BCUT2D eigenvalue weighted by Gasteiger charge is -2.32. The van der Waals surface area contributed by atoms with Gasteiger partial charge < -0.3 is 5.73 Å². The van der Waals surface area contributed by atoms with Crippen molar-refractivity contribution >= 4 is 11.7 Å². The average Bonchev–Trinajstić information content (AvgIpc) is 2.56. The van der Waals surface area contributed by atoms with Crippen molar-refractivity contribution in [3.05, 3.63) is 30.3 Å². The molecule has 1 aliphatic heterocycles. The van der Waals surface area contributed by atoms with E-state index < -0.39 is 0 Å². The zero-order valence-corrected chi connectivity index (χ0v) is 9.36. The quantitative estimate of drug-likeness (QED) is 0.703. The average molecular weight is 220 g/mol. The Morgan fingerprint density at radius 2 is 2.00 bits per heavy atom. The maximum absolute atomic E-state index is 11.8. The summed E-state index contributed by atoms with van der Waals surface area (Å²) < 4.78 is 0.223. The molecule has 1 aromatic rings. The van der Waals surface area contributed by atoms with Crippen LogP contribution in [0.4, 0.5) is 10.5 Å². The summed E-state index contributed by atoms with van der Waals surface area (Å²) in [7, 11) is 0. The van der Waals surface area contributed by atoms with Gasteiger partial charge in [-0.25, -0.2) is 4.79 Å². The lowest BCUT2D eigenvalue weighted by atomic mass is 10.2. The number of carbonyl (C=O) groups is 1. The van der Waals surface area contributed by atoms with Crippen molar-refractivity contribution < 1.29 is 4.79 Å². The Morgan fingerprint density at radius 3 is 2.69 bits per heavy atom. The van der Waals surface area contributed by atoms with Gasteiger partial charge in [-0.2, -0.15) is 4.48 Å². The standard InChI is InChI=1S/C12H17N3O/c13-12(16)15(9-5-4-8-14-10-15)11-6-2-1-3-7-11/h1-3,6-7,14H,4-5,8-10H2,(H-,13,16)/p+1. The minimum Gasteiger partial charge on any atom is -0.319 e. The van der Waals surface area contributed by atoms with Crippen molar-refractivity contribution in [3.8, 4) is 0 Å². The molecule has 1 unspecified atom stereocenters. The van der Waals surface area contributed by atoms with Crippen LogP contribution in [0.25, 0.3) is 0 Å². The third-order valence-corrected chi connectivity index (χ3v) is 3.20. The fraction of sp³-hybridized carbons (Fsp3) is 0.417. The zero-order valence-electron chi connectivity index (χ0n) is 9.36. The van der Waals surface area contributed by atoms with Crippen molar-refractivity contribution in [1.29, 1.82) is 0 Å². The first-order valence-corrected chi connectivity index (χ1v) is 5.69. The summed E-state index contributed by atoms with van der Waals surface area (Å²) in [5, 5.41) is 3.29. The van der Waals surface area contributed by atoms with Crippen molar-refractivity contribution in [2.45, 2.75) is 12.8 Å². The molecule has 2 rings (SSSR count). The van der Waals surface area contributed by atoms with Gasteiger partial charge in [0.2, 0.25) is 0 Å². The highest BCUT2D eigenvalue weighted by Crippen LogP contribution is 2.24. The molecule has 2 amide bonds. The second-order valence-corrected chi connectivity index (χ2v) is 4.23. The lowest BCUT2D eigenvalue weighted by molar-refractivity contribution is 0.207. The maximum Gasteiger partial charge on any atom is 0.420 e. The molecule has 16 heavy (non-hydrogen) atoms. The molecule has 1 atom stereocenters. The van der Waals surface area contributed by atoms with E-state index in [1.807, 2.05) is 30.3 Å². The van der Waals surface area contributed by atoms with Gasteiger partial charge in [-0.3, -0.25) is 5.32 Å². The number of rotatable bonds is 1. The largest absolute Gasteiger partial charge is 0.420 e. The molecule has 4 heteroatoms. The Hall–Kier alpha value is -1.39. The summed E-state index contributed by atoms with van der Waals surface area (Å²) in [6, 6.07) is 9.51. The van der Waals surface area contributed by atoms with Gasteiger partial charge in [-0.1, -0.05) is 18.2 Å². The number of quaternary nitrogens is 1. The van der Waals surface area contributed by atoms with E-state index in [0.717, 1.165) is 31.6 Å². The Kier molecular flexibility index (Phi) is 3.22. The molecule has 86 valence electrons. The predicted octanol–water partition coefficient (Wildman–Crippen LogP) is 1.41. The molecule has 1 heterocycles. The van der Waals surface area contributed by atoms with Crippen LogP contribution in [-0.4, -0.2) is 25.8 Å². The van der Waals surface area contributed by atoms with E-state index in [0.29, 0.717) is 6.67 Å². The van der Waals surface area contributed by atoms with E-state index in [1.165, 1.54) is 0 Å². The number of hydrogen-bond donors (Lipinski definition) is 2. The third kappa shape index (κ3) is 1.94. The highest BCUT2D eigenvalue weighted by molar-refractivity contribution is 5.85. The number of nitrogens with two attached hydrogens (primary N) is 1. The summed E-state index contributed by atoms with van der Waals surface area (Å²) in [5.74, 6) is 0. The topological polar surface area (TPSA) is 55.1 Å². The molecule has 1 fully saturated rings. The van der Waals surface area contributed by atoms with Crippen LogP contribution < -0.4 is 15.5 Å². The fourth-order valence-electron chi connectivity index (χ4n) is 2.23. The van der Waals surface area contributed by atoms with E-state index in [-0.39, 0.29) is 10.5 Å². The van der Waals surface area contributed by atoms with Gasteiger partial charge in [-0.15, -0.1) is 0 Å². The Balaban J connectivity index is 2.38. The van der Waals surface area contributed by atoms with Gasteiger partial charge in [0.25, 0.3) is 0 Å². The molecular weight excluding hydrogens is 202 g/mol. The molecule has 1 aliphatic rings. The molecule has 0 aromatic heterocycles. The van der Waals surface area contributed by atoms with Gasteiger partial charge in [0.1, 0.15) is 12.4 Å². The minimum absolute atomic E-state index is 0.223. The number of hydrogen-bond acceptors (Lipinski definition) is 2. The van der Waals surface area contributed by atoms with E-state index in [2.05, 4.69) is 5.32 Å². The SMILES string of the molecule is NC(=O)[N+]1(c2ccccc2)CCCCNC1. The molecule has 4 nitrogen and oxygen atoms in total. The van der Waals surface area contributed by atoms with Gasteiger partial charge in [0.05, 0.1) is 6.54 Å². The van der Waals surface area contributed by atoms with Crippen LogP contribution >= 0.6 is 0 Å². The van der Waals surface area contributed by atoms with Gasteiger partial charge >= 0.3 is 6.03 Å². The molecule has 0 spiro atoms. The Bertz CT molecular complexity index is 356. The zero-order chi connectivity index (χ0) is 11.4. The van der Waals surface area contributed by atoms with Gasteiger partial charge in [0.15, 0.2) is 0 Å². The van der Waals surface area contributed by atoms with Crippen LogP contribution in [0.1, 0.15) is 12.8 Å². The molecule has 3 N–H and O–H groups in total. The number of nitrogens with zero attached hydrogens (tertiary/aromatic N) is 1. The smallest absolute Gasteiger partial charge is 0.319 e. The van der Waals surface area contributed by atoms with Crippen LogP contribution in [0.3, 0.4) is 0 Å². The second-order valence-electron chi connectivity index (χ2n) is 4.23.